The number of halogens is 1. The van der Waals surface area contributed by atoms with Crippen LogP contribution in [0.1, 0.15) is 22.3 Å². The van der Waals surface area contributed by atoms with Crippen molar-refractivity contribution in [3.05, 3.63) is 40.4 Å². The molecule has 0 aliphatic heterocycles. The van der Waals surface area contributed by atoms with Crippen LogP contribution in [-0.2, 0) is 4.74 Å². The lowest BCUT2D eigenvalue weighted by molar-refractivity contribution is 0.0601. The summed E-state index contributed by atoms with van der Waals surface area (Å²) in [5.74, 6) is -0.428. The van der Waals surface area contributed by atoms with E-state index in [1.54, 1.807) is 12.1 Å². The van der Waals surface area contributed by atoms with Crippen LogP contribution < -0.4 is 5.73 Å². The van der Waals surface area contributed by atoms with Gasteiger partial charge in [0.05, 0.1) is 17.7 Å². The highest BCUT2D eigenvalue weighted by atomic mass is 35.5. The smallest absolute Gasteiger partial charge is 0.339 e. The van der Waals surface area contributed by atoms with Gasteiger partial charge in [0.15, 0.2) is 0 Å². The van der Waals surface area contributed by atoms with Gasteiger partial charge in [-0.1, -0.05) is 29.8 Å². The molecule has 1 aromatic rings. The van der Waals surface area contributed by atoms with Crippen molar-refractivity contribution in [2.45, 2.75) is 6.42 Å². The molecule has 0 saturated heterocycles. The molecule has 3 nitrogen and oxygen atoms in total. The fraction of sp³-hybridized carbons (Fsp3) is 0.250. The summed E-state index contributed by atoms with van der Waals surface area (Å²) in [7, 11) is 1.33. The van der Waals surface area contributed by atoms with Crippen molar-refractivity contribution < 1.29 is 9.53 Å². The van der Waals surface area contributed by atoms with Gasteiger partial charge < -0.3 is 10.5 Å². The summed E-state index contributed by atoms with van der Waals surface area (Å²) in [4.78, 5) is 11.3. The van der Waals surface area contributed by atoms with E-state index in [1.165, 1.54) is 7.11 Å². The van der Waals surface area contributed by atoms with Crippen molar-refractivity contribution in [1.82, 2.24) is 0 Å². The second kappa shape index (κ2) is 6.30. The Morgan fingerprint density at radius 2 is 2.31 bits per heavy atom. The number of methoxy groups -OCH3 is 1. The zero-order valence-electron chi connectivity index (χ0n) is 9.07. The Morgan fingerprint density at radius 1 is 1.56 bits per heavy atom. The molecule has 0 radical (unpaired) electrons. The number of hydrogen-bond donors (Lipinski definition) is 1. The highest BCUT2D eigenvalue weighted by Crippen LogP contribution is 2.19. The van der Waals surface area contributed by atoms with Crippen LogP contribution in [-0.4, -0.2) is 19.6 Å². The first-order valence-electron chi connectivity index (χ1n) is 4.93. The number of hydrogen-bond acceptors (Lipinski definition) is 3. The van der Waals surface area contributed by atoms with Gasteiger partial charge >= 0.3 is 5.97 Å². The number of nitrogens with two attached hydrogens (primary N) is 1. The monoisotopic (exact) mass is 239 g/mol. The van der Waals surface area contributed by atoms with Gasteiger partial charge in [0.1, 0.15) is 0 Å². The van der Waals surface area contributed by atoms with Gasteiger partial charge in [-0.2, -0.15) is 0 Å². The minimum atomic E-state index is -0.428. The third-order valence-corrected chi connectivity index (χ3v) is 2.35. The van der Waals surface area contributed by atoms with Crippen molar-refractivity contribution in [2.75, 3.05) is 13.7 Å². The van der Waals surface area contributed by atoms with E-state index < -0.39 is 5.97 Å². The maximum Gasteiger partial charge on any atom is 0.339 e. The molecule has 16 heavy (non-hydrogen) atoms. The van der Waals surface area contributed by atoms with E-state index >= 15 is 0 Å². The van der Waals surface area contributed by atoms with E-state index in [-0.39, 0.29) is 0 Å². The molecule has 0 aliphatic rings. The van der Waals surface area contributed by atoms with Crippen LogP contribution in [0.15, 0.2) is 24.3 Å². The van der Waals surface area contributed by atoms with E-state index in [0.717, 1.165) is 12.0 Å². The highest BCUT2D eigenvalue weighted by Gasteiger charge is 2.09. The Kier molecular flexibility index (Phi) is 5.02. The lowest BCUT2D eigenvalue weighted by Crippen LogP contribution is -2.01. The van der Waals surface area contributed by atoms with Crippen molar-refractivity contribution in [3.63, 3.8) is 0 Å². The fourth-order valence-corrected chi connectivity index (χ4v) is 1.49. The largest absolute Gasteiger partial charge is 0.465 e. The van der Waals surface area contributed by atoms with Crippen molar-refractivity contribution in [3.8, 4) is 0 Å². The molecule has 4 heteroatoms. The molecule has 0 amide bonds. The van der Waals surface area contributed by atoms with E-state index in [4.69, 9.17) is 17.3 Å². The van der Waals surface area contributed by atoms with Crippen LogP contribution >= 0.6 is 11.6 Å². The quantitative estimate of drug-likeness (QED) is 0.822. The maximum atomic E-state index is 11.3. The van der Waals surface area contributed by atoms with Crippen LogP contribution in [0, 0.1) is 0 Å². The number of benzene rings is 1. The molecule has 0 atom stereocenters. The number of rotatable bonds is 4. The first-order chi connectivity index (χ1) is 7.69. The molecule has 0 bridgehead atoms. The van der Waals surface area contributed by atoms with Gasteiger partial charge in [-0.15, -0.1) is 0 Å². The third kappa shape index (κ3) is 3.36. The number of esters is 1. The minimum Gasteiger partial charge on any atom is -0.465 e. The van der Waals surface area contributed by atoms with Crippen LogP contribution in [0.3, 0.4) is 0 Å². The molecular weight excluding hydrogens is 226 g/mol. The summed E-state index contributed by atoms with van der Waals surface area (Å²) in [6.45, 7) is 0.616. The predicted octanol–water partition coefficient (Wildman–Crippen LogP) is 2.49. The summed E-state index contributed by atoms with van der Waals surface area (Å²) in [6, 6.07) is 5.18. The molecule has 1 rings (SSSR count). The Bertz CT molecular complexity index is 402. The van der Waals surface area contributed by atoms with Crippen LogP contribution in [0.2, 0.25) is 5.02 Å². The van der Waals surface area contributed by atoms with E-state index in [0.29, 0.717) is 17.1 Å². The molecule has 1 aromatic carbocycles. The SMILES string of the molecule is COC(=O)c1ccc(C=CCCN)cc1Cl. The Labute approximate surface area is 99.8 Å². The highest BCUT2D eigenvalue weighted by molar-refractivity contribution is 6.33. The standard InChI is InChI=1S/C12H14ClNO2/c1-16-12(15)10-6-5-9(8-11(10)13)4-2-3-7-14/h2,4-6,8H,3,7,14H2,1H3. The summed E-state index contributed by atoms with van der Waals surface area (Å²) >= 11 is 5.96. The summed E-state index contributed by atoms with van der Waals surface area (Å²) < 4.78 is 4.60. The van der Waals surface area contributed by atoms with Gasteiger partial charge in [0.25, 0.3) is 0 Å². The van der Waals surface area contributed by atoms with Crippen LogP contribution in [0.4, 0.5) is 0 Å². The van der Waals surface area contributed by atoms with Gasteiger partial charge in [-0.05, 0) is 30.7 Å². The predicted molar refractivity (Wildman–Crippen MR) is 65.5 cm³/mol. The Balaban J connectivity index is 2.86. The molecule has 2 N–H and O–H groups in total. The van der Waals surface area contributed by atoms with Crippen molar-refractivity contribution >= 4 is 23.6 Å². The average Bonchev–Trinajstić information content (AvgIpc) is 2.29. The van der Waals surface area contributed by atoms with Crippen LogP contribution in [0.5, 0.6) is 0 Å². The Morgan fingerprint density at radius 3 is 2.88 bits per heavy atom. The van der Waals surface area contributed by atoms with E-state index in [1.807, 2.05) is 18.2 Å². The maximum absolute atomic E-state index is 11.3. The van der Waals surface area contributed by atoms with Gasteiger partial charge in [0.2, 0.25) is 0 Å². The van der Waals surface area contributed by atoms with Crippen molar-refractivity contribution in [1.29, 1.82) is 0 Å². The zero-order chi connectivity index (χ0) is 12.0. The summed E-state index contributed by atoms with van der Waals surface area (Å²) in [5, 5.41) is 0.391. The Hall–Kier alpha value is -1.32. The molecule has 0 fully saturated rings. The topological polar surface area (TPSA) is 52.3 Å². The van der Waals surface area contributed by atoms with Gasteiger partial charge in [-0.25, -0.2) is 4.79 Å². The van der Waals surface area contributed by atoms with E-state index in [9.17, 15) is 4.79 Å². The molecule has 0 aromatic heterocycles. The zero-order valence-corrected chi connectivity index (χ0v) is 9.83. The summed E-state index contributed by atoms with van der Waals surface area (Å²) in [6.07, 6.45) is 4.69. The van der Waals surface area contributed by atoms with Crippen molar-refractivity contribution in [2.24, 2.45) is 5.73 Å². The average molecular weight is 240 g/mol. The second-order valence-electron chi connectivity index (χ2n) is 3.21. The number of carbonyl (C=O) groups excluding carboxylic acids is 1. The molecule has 0 aliphatic carbocycles. The molecule has 0 unspecified atom stereocenters. The normalized spacial score (nSPS) is 10.7. The fourth-order valence-electron chi connectivity index (χ4n) is 1.23. The summed E-state index contributed by atoms with van der Waals surface area (Å²) in [5.41, 5.74) is 6.68. The first-order valence-corrected chi connectivity index (χ1v) is 5.31. The molecule has 0 heterocycles. The minimum absolute atomic E-state index is 0.375. The third-order valence-electron chi connectivity index (χ3n) is 2.04. The lowest BCUT2D eigenvalue weighted by atomic mass is 10.1. The molecule has 86 valence electrons. The van der Waals surface area contributed by atoms with Gasteiger partial charge in [0, 0.05) is 0 Å². The van der Waals surface area contributed by atoms with Crippen LogP contribution in [0.25, 0.3) is 6.08 Å². The van der Waals surface area contributed by atoms with E-state index in [2.05, 4.69) is 4.74 Å². The van der Waals surface area contributed by atoms with Gasteiger partial charge in [-0.3, -0.25) is 0 Å². The first kappa shape index (κ1) is 12.7. The second-order valence-corrected chi connectivity index (χ2v) is 3.62. The number of ether oxygens (including phenoxy) is 1. The lowest BCUT2D eigenvalue weighted by Gasteiger charge is -2.02. The molecular formula is C12H14ClNO2. The molecule has 0 saturated carbocycles. The number of carbonyl (C=O) groups is 1. The molecule has 0 spiro atoms.